The van der Waals surface area contributed by atoms with Gasteiger partial charge in [-0.1, -0.05) is 11.6 Å². The molecular weight excluding hydrogens is 242 g/mol. The largest absolute Gasteiger partial charge is 0.496 e. The molecule has 1 amide bonds. The minimum Gasteiger partial charge on any atom is -0.496 e. The normalized spacial score (nSPS) is 12.0. The highest BCUT2D eigenvalue weighted by Gasteiger charge is 2.09. The van der Waals surface area contributed by atoms with Crippen molar-refractivity contribution in [3.8, 4) is 5.75 Å². The quantitative estimate of drug-likeness (QED) is 0.838. The molecule has 0 aromatic heterocycles. The predicted octanol–water partition coefficient (Wildman–Crippen LogP) is 1.39. The first-order chi connectivity index (χ1) is 8.02. The molecule has 0 aliphatic carbocycles. The minimum atomic E-state index is -0.555. The van der Waals surface area contributed by atoms with Gasteiger partial charge in [0.15, 0.2) is 0 Å². The molecule has 0 fully saturated rings. The summed E-state index contributed by atoms with van der Waals surface area (Å²) in [5.41, 5.74) is 0.725. The van der Waals surface area contributed by atoms with E-state index in [0.717, 1.165) is 5.56 Å². The molecule has 0 aliphatic rings. The lowest BCUT2D eigenvalue weighted by Gasteiger charge is -2.10. The summed E-state index contributed by atoms with van der Waals surface area (Å²) in [7, 11) is 1.54. The highest BCUT2D eigenvalue weighted by atomic mass is 35.5. The number of methoxy groups -OCH3 is 1. The lowest BCUT2D eigenvalue weighted by molar-refractivity contribution is -0.120. The zero-order valence-electron chi connectivity index (χ0n) is 9.87. The van der Waals surface area contributed by atoms with Gasteiger partial charge in [0.25, 0.3) is 0 Å². The van der Waals surface area contributed by atoms with E-state index in [1.165, 1.54) is 0 Å². The first kappa shape index (κ1) is 13.8. The summed E-state index contributed by atoms with van der Waals surface area (Å²) in [6, 6.07) is 5.12. The number of carbonyl (C=O) groups is 1. The third-order valence-electron chi connectivity index (χ3n) is 2.19. The molecule has 4 nitrogen and oxygen atoms in total. The predicted molar refractivity (Wildman–Crippen MR) is 66.4 cm³/mol. The van der Waals surface area contributed by atoms with Gasteiger partial charge >= 0.3 is 0 Å². The van der Waals surface area contributed by atoms with Crippen molar-refractivity contribution in [2.75, 3.05) is 13.7 Å². The summed E-state index contributed by atoms with van der Waals surface area (Å²) >= 11 is 5.86. The van der Waals surface area contributed by atoms with Crippen LogP contribution < -0.4 is 10.1 Å². The smallest absolute Gasteiger partial charge is 0.224 e. The number of carbonyl (C=O) groups excluding carboxylic acids is 1. The van der Waals surface area contributed by atoms with E-state index in [2.05, 4.69) is 5.32 Å². The number of ether oxygens (including phenoxy) is 1. The van der Waals surface area contributed by atoms with Gasteiger partial charge in [0.05, 0.1) is 19.6 Å². The van der Waals surface area contributed by atoms with Gasteiger partial charge in [-0.2, -0.15) is 0 Å². The Morgan fingerprint density at radius 2 is 2.29 bits per heavy atom. The maximum Gasteiger partial charge on any atom is 0.224 e. The van der Waals surface area contributed by atoms with Gasteiger partial charge in [-0.25, -0.2) is 0 Å². The van der Waals surface area contributed by atoms with E-state index in [4.69, 9.17) is 21.4 Å². The highest BCUT2D eigenvalue weighted by Crippen LogP contribution is 2.22. The van der Waals surface area contributed by atoms with Gasteiger partial charge in [0, 0.05) is 17.1 Å². The second-order valence-electron chi connectivity index (χ2n) is 3.79. The SMILES string of the molecule is COc1ccc(Cl)cc1CC(=O)NC[C@H](C)O. The second-order valence-corrected chi connectivity index (χ2v) is 4.22. The fraction of sp³-hybridized carbons (Fsp3) is 0.417. The summed E-state index contributed by atoms with van der Waals surface area (Å²) in [5.74, 6) is 0.452. The summed E-state index contributed by atoms with van der Waals surface area (Å²) in [5, 5.41) is 12.2. The first-order valence-corrected chi connectivity index (χ1v) is 5.68. The third-order valence-corrected chi connectivity index (χ3v) is 2.42. The molecule has 17 heavy (non-hydrogen) atoms. The van der Waals surface area contributed by atoms with E-state index in [-0.39, 0.29) is 18.9 Å². The van der Waals surface area contributed by atoms with E-state index in [0.29, 0.717) is 10.8 Å². The standard InChI is InChI=1S/C12H16ClNO3/c1-8(15)7-14-12(16)6-9-5-10(13)3-4-11(9)17-2/h3-5,8,15H,6-7H2,1-2H3,(H,14,16)/t8-/m0/s1. The fourth-order valence-electron chi connectivity index (χ4n) is 1.38. The second kappa shape index (κ2) is 6.47. The number of amides is 1. The van der Waals surface area contributed by atoms with E-state index >= 15 is 0 Å². The summed E-state index contributed by atoms with van der Waals surface area (Å²) in [6.07, 6.45) is -0.378. The molecule has 2 N–H and O–H groups in total. The molecule has 0 heterocycles. The molecule has 0 spiro atoms. The van der Waals surface area contributed by atoms with Crippen molar-refractivity contribution in [1.82, 2.24) is 5.32 Å². The Morgan fingerprint density at radius 3 is 2.88 bits per heavy atom. The monoisotopic (exact) mass is 257 g/mol. The zero-order valence-corrected chi connectivity index (χ0v) is 10.6. The Labute approximate surface area is 106 Å². The van der Waals surface area contributed by atoms with Crippen LogP contribution in [0.3, 0.4) is 0 Å². The van der Waals surface area contributed by atoms with Crippen LogP contribution in [0.1, 0.15) is 12.5 Å². The van der Waals surface area contributed by atoms with Crippen LogP contribution in [-0.2, 0) is 11.2 Å². The van der Waals surface area contributed by atoms with E-state index < -0.39 is 6.10 Å². The summed E-state index contributed by atoms with van der Waals surface area (Å²) in [4.78, 5) is 11.6. The zero-order chi connectivity index (χ0) is 12.8. The molecule has 1 aromatic rings. The number of benzene rings is 1. The molecule has 0 bridgehead atoms. The maximum atomic E-state index is 11.6. The Kier molecular flexibility index (Phi) is 5.25. The van der Waals surface area contributed by atoms with Crippen molar-refractivity contribution < 1.29 is 14.6 Å². The molecule has 1 aromatic carbocycles. The maximum absolute atomic E-state index is 11.6. The van der Waals surface area contributed by atoms with Crippen LogP contribution in [0.15, 0.2) is 18.2 Å². The number of aliphatic hydroxyl groups excluding tert-OH is 1. The highest BCUT2D eigenvalue weighted by molar-refractivity contribution is 6.30. The molecular formula is C12H16ClNO3. The van der Waals surface area contributed by atoms with Crippen molar-refractivity contribution in [2.24, 2.45) is 0 Å². The van der Waals surface area contributed by atoms with Gasteiger partial charge in [-0.3, -0.25) is 4.79 Å². The van der Waals surface area contributed by atoms with E-state index in [1.807, 2.05) is 0 Å². The molecule has 1 atom stereocenters. The van der Waals surface area contributed by atoms with Crippen molar-refractivity contribution in [1.29, 1.82) is 0 Å². The van der Waals surface area contributed by atoms with Gasteiger partial charge in [0.1, 0.15) is 5.75 Å². The van der Waals surface area contributed by atoms with Crippen molar-refractivity contribution >= 4 is 17.5 Å². The fourth-order valence-corrected chi connectivity index (χ4v) is 1.58. The number of nitrogens with one attached hydrogen (secondary N) is 1. The molecule has 0 unspecified atom stereocenters. The lowest BCUT2D eigenvalue weighted by atomic mass is 10.1. The molecule has 0 saturated heterocycles. The van der Waals surface area contributed by atoms with Crippen LogP contribution in [0.5, 0.6) is 5.75 Å². The number of halogens is 1. The van der Waals surface area contributed by atoms with Crippen LogP contribution in [0, 0.1) is 0 Å². The van der Waals surface area contributed by atoms with Crippen molar-refractivity contribution in [2.45, 2.75) is 19.4 Å². The summed E-state index contributed by atoms with van der Waals surface area (Å²) in [6.45, 7) is 1.85. The van der Waals surface area contributed by atoms with Crippen LogP contribution in [0.25, 0.3) is 0 Å². The van der Waals surface area contributed by atoms with Crippen LogP contribution >= 0.6 is 11.6 Å². The molecule has 1 rings (SSSR count). The molecule has 0 aliphatic heterocycles. The first-order valence-electron chi connectivity index (χ1n) is 5.30. The number of hydrogen-bond donors (Lipinski definition) is 2. The Bertz CT molecular complexity index is 393. The lowest BCUT2D eigenvalue weighted by Crippen LogP contribution is -2.31. The number of rotatable bonds is 5. The summed E-state index contributed by atoms with van der Waals surface area (Å²) < 4.78 is 5.14. The molecule has 94 valence electrons. The molecule has 0 radical (unpaired) electrons. The van der Waals surface area contributed by atoms with Crippen LogP contribution in [0.2, 0.25) is 5.02 Å². The van der Waals surface area contributed by atoms with Crippen LogP contribution in [0.4, 0.5) is 0 Å². The molecule has 5 heteroatoms. The Hall–Kier alpha value is -1.26. The number of aliphatic hydroxyl groups is 1. The third kappa shape index (κ3) is 4.63. The minimum absolute atomic E-state index is 0.175. The van der Waals surface area contributed by atoms with Gasteiger partial charge in [0.2, 0.25) is 5.91 Å². The Balaban J connectivity index is 2.66. The molecule has 0 saturated carbocycles. The number of hydrogen-bond acceptors (Lipinski definition) is 3. The average Bonchev–Trinajstić information content (AvgIpc) is 2.27. The van der Waals surface area contributed by atoms with E-state index in [9.17, 15) is 4.79 Å². The van der Waals surface area contributed by atoms with E-state index in [1.54, 1.807) is 32.2 Å². The van der Waals surface area contributed by atoms with Crippen molar-refractivity contribution in [3.05, 3.63) is 28.8 Å². The van der Waals surface area contributed by atoms with Gasteiger partial charge in [-0.05, 0) is 25.1 Å². The van der Waals surface area contributed by atoms with Gasteiger partial charge < -0.3 is 15.2 Å². The average molecular weight is 258 g/mol. The topological polar surface area (TPSA) is 58.6 Å². The van der Waals surface area contributed by atoms with Crippen molar-refractivity contribution in [3.63, 3.8) is 0 Å². The Morgan fingerprint density at radius 1 is 1.59 bits per heavy atom. The van der Waals surface area contributed by atoms with Gasteiger partial charge in [-0.15, -0.1) is 0 Å². The van der Waals surface area contributed by atoms with Crippen LogP contribution in [-0.4, -0.2) is 30.8 Å².